The zero-order valence-electron chi connectivity index (χ0n) is 69.9. The maximum Gasteiger partial charge on any atom is 0.416 e. The number of hydrogen-bond donors (Lipinski definition) is 9. The van der Waals surface area contributed by atoms with Crippen molar-refractivity contribution in [3.63, 3.8) is 0 Å². The second kappa shape index (κ2) is 45.3. The molecule has 131 heavy (non-hydrogen) atoms. The minimum Gasteiger partial charge on any atom is -0.450 e. The second-order valence-electron chi connectivity index (χ2n) is 27.2. The number of rotatable bonds is 20. The quantitative estimate of drug-likeness (QED) is 0.0320. The fourth-order valence-electron chi connectivity index (χ4n) is 11.8. The van der Waals surface area contributed by atoms with E-state index in [9.17, 15) is 71.9 Å². The van der Waals surface area contributed by atoms with Crippen LogP contribution in [-0.2, 0) is 23.7 Å². The lowest BCUT2D eigenvalue weighted by atomic mass is 10.2. The molecule has 15 amide bonds. The molecule has 0 radical (unpaired) electrons. The summed E-state index contributed by atoms with van der Waals surface area (Å²) in [6.45, 7) is 8.79. The first-order valence-corrected chi connectivity index (χ1v) is 46.1. The van der Waals surface area contributed by atoms with Gasteiger partial charge in [-0.3, -0.25) is 73.9 Å². The lowest BCUT2D eigenvalue weighted by Crippen LogP contribution is -2.34. The molecule has 0 unspecified atom stereocenters. The molecular formula is C85H76N18O20S8. The van der Waals surface area contributed by atoms with E-state index in [2.05, 4.69) is 81.5 Å². The number of thiophene rings is 5. The van der Waals surface area contributed by atoms with Crippen LogP contribution in [0.5, 0.6) is 0 Å². The zero-order valence-corrected chi connectivity index (χ0v) is 76.4. The molecule has 1 saturated carbocycles. The van der Waals surface area contributed by atoms with Gasteiger partial charge in [-0.15, -0.1) is 79.4 Å². The van der Waals surface area contributed by atoms with Crippen LogP contribution < -0.4 is 42.5 Å². The van der Waals surface area contributed by atoms with Crippen LogP contribution >= 0.6 is 90.9 Å². The summed E-state index contributed by atoms with van der Waals surface area (Å²) in [6.07, 6.45) is 9.07. The van der Waals surface area contributed by atoms with E-state index in [0.29, 0.717) is 52.4 Å². The Morgan fingerprint density at radius 3 is 1.53 bits per heavy atom. The van der Waals surface area contributed by atoms with Gasteiger partial charge in [0, 0.05) is 50.5 Å². The van der Waals surface area contributed by atoms with E-state index >= 15 is 0 Å². The van der Waals surface area contributed by atoms with Crippen molar-refractivity contribution in [1.29, 1.82) is 0 Å². The third kappa shape index (κ3) is 25.0. The number of fused-ring (bicyclic) bond motifs is 5. The molecule has 38 nitrogen and oxygen atoms in total. The van der Waals surface area contributed by atoms with Gasteiger partial charge in [0.25, 0.3) is 59.1 Å². The van der Waals surface area contributed by atoms with Crippen LogP contribution in [-0.4, -0.2) is 184 Å². The van der Waals surface area contributed by atoms with Gasteiger partial charge in [0.05, 0.1) is 96.2 Å². The van der Waals surface area contributed by atoms with Crippen LogP contribution in [0.4, 0.5) is 49.0 Å². The van der Waals surface area contributed by atoms with E-state index in [0.717, 1.165) is 71.5 Å². The van der Waals surface area contributed by atoms with Crippen molar-refractivity contribution in [2.45, 2.75) is 72.5 Å². The van der Waals surface area contributed by atoms with Gasteiger partial charge < -0.3 is 59.7 Å². The number of nitrogens with one attached hydrogen (secondary N) is 9. The van der Waals surface area contributed by atoms with E-state index in [1.807, 2.05) is 60.7 Å². The fourth-order valence-corrected chi connectivity index (χ4v) is 18.1. The molecule has 1 fully saturated rings. The van der Waals surface area contributed by atoms with Gasteiger partial charge in [-0.25, -0.2) is 48.7 Å². The number of carbonyl (C=O) groups excluding carboxylic acids is 15. The number of imidazole rings is 1. The van der Waals surface area contributed by atoms with Crippen molar-refractivity contribution in [1.82, 2.24) is 64.4 Å². The van der Waals surface area contributed by atoms with Gasteiger partial charge >= 0.3 is 30.5 Å². The number of amides is 15. The highest BCUT2D eigenvalue weighted by molar-refractivity contribution is 7.21. The van der Waals surface area contributed by atoms with Crippen molar-refractivity contribution in [2.24, 2.45) is 0 Å². The number of pyridine rings is 3. The summed E-state index contributed by atoms with van der Waals surface area (Å²) >= 11 is 9.66. The zero-order chi connectivity index (χ0) is 93.4. The van der Waals surface area contributed by atoms with Gasteiger partial charge in [0.15, 0.2) is 10.0 Å². The highest BCUT2D eigenvalue weighted by atomic mass is 32.1. The van der Waals surface area contributed by atoms with Crippen molar-refractivity contribution in [2.75, 3.05) is 60.5 Å². The molecule has 46 heteroatoms. The fraction of sp³-hybridized carbons (Fsp3) is 0.188. The average molecular weight is 1930 g/mol. The monoisotopic (exact) mass is 1920 g/mol. The van der Waals surface area contributed by atoms with Gasteiger partial charge in [-0.05, 0) is 178 Å². The smallest absolute Gasteiger partial charge is 0.416 e. The molecule has 0 atom stereocenters. The average Bonchev–Trinajstić information content (AvgIpc) is 1.65. The first-order valence-electron chi connectivity index (χ1n) is 39.3. The molecular weight excluding hydrogens is 1850 g/mol. The predicted molar refractivity (Wildman–Crippen MR) is 497 cm³/mol. The number of alkyl carbamates (subject to hydrolysis) is 3. The van der Waals surface area contributed by atoms with Crippen molar-refractivity contribution < 1.29 is 95.6 Å². The molecule has 15 aromatic rings. The number of aromatic nitrogens is 8. The molecule has 0 spiro atoms. The van der Waals surface area contributed by atoms with E-state index in [1.54, 1.807) is 139 Å². The molecule has 0 saturated heterocycles. The summed E-state index contributed by atoms with van der Waals surface area (Å²) in [7, 11) is 2.66. The summed E-state index contributed by atoms with van der Waals surface area (Å²) in [6, 6.07) is 33.2. The van der Waals surface area contributed by atoms with Crippen molar-refractivity contribution in [3.05, 3.63) is 234 Å². The summed E-state index contributed by atoms with van der Waals surface area (Å²) in [5.74, 6) is -5.10. The highest BCUT2D eigenvalue weighted by Crippen LogP contribution is 2.33. The lowest BCUT2D eigenvalue weighted by molar-refractivity contribution is 0.0707. The SMILES string of the molecule is CC(C)OC(=O)NC(=O)c1ccsc1NC(=O)c1cnc2cc[nH]c2c1.CCOC(=O)N(C)C(=O)c1ccsc1NC(=O)c1cn2ccccc2n1.CCOC(=O)N(C)C(=O)c1ccsc1NC(=O)c1nc2ccccc2s1.CCOC(=O)NC(=O)c1ccsc1NC(=O)c1nsc2ccccc12.O=C(NC(=O)c1ccsc1NC(=O)c1nc2cnccc2s1)OC1CCCC1. The standard InChI is InChI=1S/C18H16N4O4S2.2C17H16N4O4S.C17H15N3O4S2.C16H13N3O4S2/c23-14(22-18(25)26-10-3-1-2-4-10)11-6-8-27-16(11)21-15(24)17-20-12-9-19-7-5-13(12)28-17;1-9(2)25-17(24)21-15(23)11-4-6-26-16(11)20-14(22)10-7-13-12(19-8-10)3-5-18-13;1-3-25-17(24)20(2)16(23)11-7-9-26-15(11)19-14(22)12-10-21-8-5-4-6-13(21)18-12;1-3-24-17(23)20(2)16(22)10-8-9-25-14(10)19-13(21)15-18-11-6-4-5-7-12(11)26-15;1-2-23-16(22)18-13(20)10-7-8-24-15(10)17-14(21)12-9-5-3-4-6-11(9)25-19-12/h5-10H,1-4H2,(H,21,24)(H,22,23,25);3-9,18H,1-2H3,(H,20,22)(H,21,23,24);4-10H,3H2,1-2H3,(H,19,22);4-9H,3H2,1-2H3,(H,19,21);3-8H,2H2,1H3,(H,17,21)(H,18,20,22). The number of carbonyl (C=O) groups is 15. The Hall–Kier alpha value is -14.8. The predicted octanol–water partition coefficient (Wildman–Crippen LogP) is 17.2. The largest absolute Gasteiger partial charge is 0.450 e. The number of anilines is 5. The molecule has 16 rings (SSSR count). The van der Waals surface area contributed by atoms with Crippen LogP contribution in [0.25, 0.3) is 47.2 Å². The Morgan fingerprint density at radius 2 is 0.977 bits per heavy atom. The maximum atomic E-state index is 12.5. The third-order valence-electron chi connectivity index (χ3n) is 17.9. The van der Waals surface area contributed by atoms with Crippen LogP contribution in [0.15, 0.2) is 179 Å². The first-order chi connectivity index (χ1) is 63.1. The molecule has 13 aromatic heterocycles. The number of H-pyrrole nitrogens is 1. The number of nitrogens with zero attached hydrogens (tertiary/aromatic N) is 9. The minimum atomic E-state index is -0.838. The van der Waals surface area contributed by atoms with Crippen LogP contribution in [0.3, 0.4) is 0 Å². The van der Waals surface area contributed by atoms with Crippen molar-refractivity contribution >= 4 is 253 Å². The Kier molecular flexibility index (Phi) is 32.9. The highest BCUT2D eigenvalue weighted by Gasteiger charge is 2.30. The van der Waals surface area contributed by atoms with Crippen LogP contribution in [0.2, 0.25) is 0 Å². The van der Waals surface area contributed by atoms with E-state index in [4.69, 9.17) is 18.9 Å². The molecule has 0 aliphatic heterocycles. The van der Waals surface area contributed by atoms with E-state index < -0.39 is 89.5 Å². The number of para-hydroxylation sites is 1. The lowest BCUT2D eigenvalue weighted by Gasteiger charge is -2.15. The minimum absolute atomic E-state index is 0.136. The number of imide groups is 5. The molecule has 674 valence electrons. The Labute approximate surface area is 774 Å². The van der Waals surface area contributed by atoms with Crippen molar-refractivity contribution in [3.8, 4) is 0 Å². The summed E-state index contributed by atoms with van der Waals surface area (Å²) < 4.78 is 33.0. The summed E-state index contributed by atoms with van der Waals surface area (Å²) in [4.78, 5) is 208. The summed E-state index contributed by atoms with van der Waals surface area (Å²) in [5, 5.41) is 31.2. The third-order valence-corrected chi connectivity index (χ3v) is 25.0. The van der Waals surface area contributed by atoms with Crippen LogP contribution in [0, 0.1) is 0 Å². The number of ether oxygens (including phenoxy) is 5. The van der Waals surface area contributed by atoms with Gasteiger partial charge in [0.1, 0.15) is 53.7 Å². The summed E-state index contributed by atoms with van der Waals surface area (Å²) in [5.41, 5.74) is 5.37. The van der Waals surface area contributed by atoms with Gasteiger partial charge in [-0.1, -0.05) is 36.4 Å². The van der Waals surface area contributed by atoms with E-state index in [-0.39, 0.29) is 70.5 Å². The number of aromatic amines is 1. The molecule has 1 aliphatic rings. The maximum absolute atomic E-state index is 12.5. The molecule has 9 N–H and O–H groups in total. The number of hydrogen-bond acceptors (Lipinski definition) is 34. The van der Waals surface area contributed by atoms with Gasteiger partial charge in [0.2, 0.25) is 0 Å². The number of benzene rings is 2. The normalized spacial score (nSPS) is 11.3. The number of thiazole rings is 2. The molecule has 2 aromatic carbocycles. The topological polar surface area (TPSA) is 502 Å². The first kappa shape index (κ1) is 95.3. The van der Waals surface area contributed by atoms with Crippen LogP contribution in [0.1, 0.15) is 163 Å². The Morgan fingerprint density at radius 1 is 0.489 bits per heavy atom. The molecule has 13 heterocycles. The van der Waals surface area contributed by atoms with E-state index in [1.165, 1.54) is 123 Å². The Bertz CT molecular complexity index is 6510. The second-order valence-corrected chi connectivity index (χ2v) is 34.6. The molecule has 1 aliphatic carbocycles. The van der Waals surface area contributed by atoms with Gasteiger partial charge in [-0.2, -0.15) is 4.37 Å². The molecule has 0 bridgehead atoms. The Balaban J connectivity index is 0.000000148.